The summed E-state index contributed by atoms with van der Waals surface area (Å²) in [7, 11) is 0. The zero-order valence-corrected chi connectivity index (χ0v) is 12.1. The highest BCUT2D eigenvalue weighted by atomic mass is 32.1. The van der Waals surface area contributed by atoms with Crippen LogP contribution < -0.4 is 0 Å². The van der Waals surface area contributed by atoms with E-state index in [1.807, 2.05) is 13.0 Å². The summed E-state index contributed by atoms with van der Waals surface area (Å²) in [5.74, 6) is -0.248. The molecule has 6 heteroatoms. The van der Waals surface area contributed by atoms with Gasteiger partial charge in [0.15, 0.2) is 5.78 Å². The molecule has 0 fully saturated rings. The van der Waals surface area contributed by atoms with Crippen LogP contribution in [-0.4, -0.2) is 36.0 Å². The molecule has 19 heavy (non-hydrogen) atoms. The highest BCUT2D eigenvalue weighted by Crippen LogP contribution is 2.21. The van der Waals surface area contributed by atoms with Crippen molar-refractivity contribution in [3.05, 3.63) is 21.9 Å². The molecule has 0 unspecified atom stereocenters. The Labute approximate surface area is 115 Å². The number of Topliss-reactive ketones (excluding diaryl/α,β-unsaturated/α-hetero) is 1. The average Bonchev–Trinajstić information content (AvgIpc) is 2.74. The van der Waals surface area contributed by atoms with Gasteiger partial charge in [-0.25, -0.2) is 0 Å². The maximum atomic E-state index is 12.4. The Morgan fingerprint density at radius 3 is 2.42 bits per heavy atom. The highest BCUT2D eigenvalue weighted by Gasteiger charge is 2.32. The molecular formula is C13H18F3NOS. The topological polar surface area (TPSA) is 20.3 Å². The molecule has 0 spiro atoms. The van der Waals surface area contributed by atoms with E-state index in [4.69, 9.17) is 0 Å². The van der Waals surface area contributed by atoms with Crippen LogP contribution in [0.1, 0.15) is 35.3 Å². The fourth-order valence-corrected chi connectivity index (χ4v) is 2.51. The molecule has 1 heterocycles. The number of alkyl halides is 3. The number of halogens is 3. The second-order valence-corrected chi connectivity index (χ2v) is 5.82. The summed E-state index contributed by atoms with van der Waals surface area (Å²) < 4.78 is 37.3. The Hall–Kier alpha value is -0.880. The molecule has 0 amide bonds. The predicted octanol–water partition coefficient (Wildman–Crippen LogP) is 3.77. The van der Waals surface area contributed by atoms with E-state index in [0.717, 1.165) is 16.2 Å². The smallest absolute Gasteiger partial charge is 0.292 e. The number of ketones is 1. The molecule has 1 aromatic heterocycles. The third kappa shape index (κ3) is 5.32. The number of aryl methyl sites for hydroxylation is 1. The van der Waals surface area contributed by atoms with Gasteiger partial charge in [0, 0.05) is 10.9 Å². The van der Waals surface area contributed by atoms with Gasteiger partial charge in [0.05, 0.1) is 18.0 Å². The van der Waals surface area contributed by atoms with Crippen LogP contribution in [0.15, 0.2) is 12.1 Å². The minimum atomic E-state index is -4.28. The largest absolute Gasteiger partial charge is 0.401 e. The van der Waals surface area contributed by atoms with Gasteiger partial charge in [-0.2, -0.15) is 13.2 Å². The zero-order chi connectivity index (χ0) is 14.6. The minimum Gasteiger partial charge on any atom is -0.292 e. The van der Waals surface area contributed by atoms with Crippen molar-refractivity contribution >= 4 is 17.1 Å². The van der Waals surface area contributed by atoms with Gasteiger partial charge in [0.2, 0.25) is 0 Å². The van der Waals surface area contributed by atoms with Crippen molar-refractivity contribution in [2.24, 2.45) is 0 Å². The molecule has 0 aliphatic carbocycles. The van der Waals surface area contributed by atoms with Gasteiger partial charge < -0.3 is 0 Å². The van der Waals surface area contributed by atoms with Crippen LogP contribution in [0, 0.1) is 0 Å². The fourth-order valence-electron chi connectivity index (χ4n) is 1.63. The van der Waals surface area contributed by atoms with Gasteiger partial charge in [-0.3, -0.25) is 9.69 Å². The first-order valence-corrected chi connectivity index (χ1v) is 6.97. The lowest BCUT2D eigenvalue weighted by molar-refractivity contribution is -0.148. The van der Waals surface area contributed by atoms with Crippen molar-refractivity contribution < 1.29 is 18.0 Å². The van der Waals surface area contributed by atoms with Crippen molar-refractivity contribution in [3.8, 4) is 0 Å². The lowest BCUT2D eigenvalue weighted by Gasteiger charge is -2.26. The van der Waals surface area contributed by atoms with Crippen LogP contribution in [0.5, 0.6) is 0 Å². The molecular weight excluding hydrogens is 275 g/mol. The first-order chi connectivity index (χ1) is 8.73. The van der Waals surface area contributed by atoms with E-state index in [0.29, 0.717) is 4.88 Å². The van der Waals surface area contributed by atoms with Crippen molar-refractivity contribution in [1.82, 2.24) is 4.90 Å². The number of carbonyl (C=O) groups is 1. The van der Waals surface area contributed by atoms with Crippen LogP contribution in [-0.2, 0) is 6.42 Å². The third-order valence-corrected chi connectivity index (χ3v) is 4.01. The Kier molecular flexibility index (Phi) is 5.55. The van der Waals surface area contributed by atoms with Gasteiger partial charge in [0.25, 0.3) is 0 Å². The van der Waals surface area contributed by atoms with Gasteiger partial charge in [0.1, 0.15) is 0 Å². The molecule has 0 atom stereocenters. The van der Waals surface area contributed by atoms with Crippen molar-refractivity contribution in [1.29, 1.82) is 0 Å². The van der Waals surface area contributed by atoms with E-state index in [1.165, 1.54) is 11.3 Å². The molecule has 0 saturated heterocycles. The van der Waals surface area contributed by atoms with Crippen LogP contribution in [0.25, 0.3) is 0 Å². The standard InChI is InChI=1S/C13H18F3NOS/c1-4-10-5-6-12(19-10)11(18)7-17(9(2)3)8-13(14,15)16/h5-6,9H,4,7-8H2,1-3H3. The number of thiophene rings is 1. The Morgan fingerprint density at radius 1 is 1.37 bits per heavy atom. The summed E-state index contributed by atoms with van der Waals surface area (Å²) in [5.41, 5.74) is 0. The zero-order valence-electron chi connectivity index (χ0n) is 11.3. The van der Waals surface area contributed by atoms with Gasteiger partial charge >= 0.3 is 6.18 Å². The molecule has 0 radical (unpaired) electrons. The second-order valence-electron chi connectivity index (χ2n) is 4.66. The molecule has 0 aliphatic rings. The van der Waals surface area contributed by atoms with Crippen molar-refractivity contribution in [2.75, 3.05) is 13.1 Å². The van der Waals surface area contributed by atoms with E-state index >= 15 is 0 Å². The molecule has 2 nitrogen and oxygen atoms in total. The SMILES string of the molecule is CCc1ccc(C(=O)CN(CC(F)(F)F)C(C)C)s1. The fraction of sp³-hybridized carbons (Fsp3) is 0.615. The van der Waals surface area contributed by atoms with Crippen LogP contribution in [0.2, 0.25) is 0 Å². The number of rotatable bonds is 6. The maximum absolute atomic E-state index is 12.4. The Morgan fingerprint density at radius 2 is 2.00 bits per heavy atom. The summed E-state index contributed by atoms with van der Waals surface area (Å²) in [4.78, 5) is 14.7. The first-order valence-electron chi connectivity index (χ1n) is 6.15. The number of nitrogens with zero attached hydrogens (tertiary/aromatic N) is 1. The molecule has 108 valence electrons. The summed E-state index contributed by atoms with van der Waals surface area (Å²) in [5, 5.41) is 0. The van der Waals surface area contributed by atoms with Crippen molar-refractivity contribution in [3.63, 3.8) is 0 Å². The molecule has 1 aromatic rings. The molecule has 1 rings (SSSR count). The summed E-state index contributed by atoms with van der Waals surface area (Å²) in [6.45, 7) is 4.04. The van der Waals surface area contributed by atoms with Gasteiger partial charge in [-0.15, -0.1) is 11.3 Å². The van der Waals surface area contributed by atoms with E-state index in [9.17, 15) is 18.0 Å². The quantitative estimate of drug-likeness (QED) is 0.744. The van der Waals surface area contributed by atoms with E-state index in [2.05, 4.69) is 0 Å². The Balaban J connectivity index is 2.71. The highest BCUT2D eigenvalue weighted by molar-refractivity contribution is 7.14. The number of hydrogen-bond donors (Lipinski definition) is 0. The average molecular weight is 293 g/mol. The monoisotopic (exact) mass is 293 g/mol. The molecule has 0 bridgehead atoms. The molecule has 0 N–H and O–H groups in total. The Bertz CT molecular complexity index is 426. The predicted molar refractivity (Wildman–Crippen MR) is 70.8 cm³/mol. The normalized spacial score (nSPS) is 12.4. The number of carbonyl (C=O) groups excluding carboxylic acids is 1. The molecule has 0 aliphatic heterocycles. The van der Waals surface area contributed by atoms with Gasteiger partial charge in [-0.05, 0) is 32.4 Å². The molecule has 0 aromatic carbocycles. The van der Waals surface area contributed by atoms with E-state index in [1.54, 1.807) is 19.9 Å². The van der Waals surface area contributed by atoms with Crippen LogP contribution in [0.3, 0.4) is 0 Å². The molecule has 0 saturated carbocycles. The number of hydrogen-bond acceptors (Lipinski definition) is 3. The second kappa shape index (κ2) is 6.52. The van der Waals surface area contributed by atoms with Gasteiger partial charge in [-0.1, -0.05) is 6.92 Å². The summed E-state index contributed by atoms with van der Waals surface area (Å²) in [6, 6.07) is 3.22. The lowest BCUT2D eigenvalue weighted by Crippen LogP contribution is -2.42. The van der Waals surface area contributed by atoms with Crippen LogP contribution >= 0.6 is 11.3 Å². The summed E-state index contributed by atoms with van der Waals surface area (Å²) >= 11 is 1.36. The van der Waals surface area contributed by atoms with E-state index < -0.39 is 12.7 Å². The summed E-state index contributed by atoms with van der Waals surface area (Å²) in [6.07, 6.45) is -3.46. The minimum absolute atomic E-state index is 0.194. The third-order valence-electron chi connectivity index (χ3n) is 2.74. The first kappa shape index (κ1) is 16.2. The van der Waals surface area contributed by atoms with E-state index in [-0.39, 0.29) is 18.4 Å². The van der Waals surface area contributed by atoms with Crippen LogP contribution in [0.4, 0.5) is 13.2 Å². The lowest BCUT2D eigenvalue weighted by atomic mass is 10.2. The van der Waals surface area contributed by atoms with Crippen molar-refractivity contribution in [2.45, 2.75) is 39.4 Å². The maximum Gasteiger partial charge on any atom is 0.401 e.